The highest BCUT2D eigenvalue weighted by molar-refractivity contribution is 5.82. The molecule has 158 valence electrons. The van der Waals surface area contributed by atoms with Crippen molar-refractivity contribution in [3.63, 3.8) is 0 Å². The van der Waals surface area contributed by atoms with Crippen LogP contribution in [0.4, 0.5) is 0 Å². The van der Waals surface area contributed by atoms with Gasteiger partial charge in [-0.05, 0) is 62.0 Å². The van der Waals surface area contributed by atoms with E-state index in [0.717, 1.165) is 31.1 Å². The van der Waals surface area contributed by atoms with Crippen LogP contribution in [0.2, 0.25) is 0 Å². The van der Waals surface area contributed by atoms with Gasteiger partial charge in [0.1, 0.15) is 6.04 Å². The van der Waals surface area contributed by atoms with Crippen molar-refractivity contribution in [1.29, 1.82) is 0 Å². The lowest BCUT2D eigenvalue weighted by atomic mass is 9.98. The zero-order chi connectivity index (χ0) is 21.1. The molecule has 3 aromatic rings. The molecule has 30 heavy (non-hydrogen) atoms. The lowest BCUT2D eigenvalue weighted by Crippen LogP contribution is -2.35. The van der Waals surface area contributed by atoms with Gasteiger partial charge >= 0.3 is 5.76 Å². The molecular formula is C24H29N3O3. The van der Waals surface area contributed by atoms with Gasteiger partial charge in [-0.2, -0.15) is 0 Å². The van der Waals surface area contributed by atoms with E-state index in [2.05, 4.69) is 29.3 Å². The van der Waals surface area contributed by atoms with Gasteiger partial charge in [0.25, 0.3) is 0 Å². The topological polar surface area (TPSA) is 67.5 Å². The number of hydrogen-bond donors (Lipinski definition) is 1. The summed E-state index contributed by atoms with van der Waals surface area (Å²) in [5.41, 5.74) is 3.47. The van der Waals surface area contributed by atoms with Crippen molar-refractivity contribution in [2.75, 3.05) is 13.1 Å². The van der Waals surface area contributed by atoms with Gasteiger partial charge in [-0.25, -0.2) is 4.79 Å². The monoisotopic (exact) mass is 407 g/mol. The standard InChI is InChI=1S/C24H29N3O3/c1-17-11-13-26(14-12-17)16-20-8-4-3-7-19(20)15-25-23(28)18(2)27-21-9-5-6-10-22(21)30-24(27)29/h3-10,17-18H,11-16H2,1-2H3,(H,25,28). The minimum Gasteiger partial charge on any atom is -0.408 e. The summed E-state index contributed by atoms with van der Waals surface area (Å²) in [6.45, 7) is 7.62. The summed E-state index contributed by atoms with van der Waals surface area (Å²) in [7, 11) is 0. The number of piperidine rings is 1. The van der Waals surface area contributed by atoms with Crippen molar-refractivity contribution < 1.29 is 9.21 Å². The molecule has 2 heterocycles. The molecule has 4 rings (SSSR count). The summed E-state index contributed by atoms with van der Waals surface area (Å²) in [5, 5.41) is 3.00. The SMILES string of the molecule is CC1CCN(Cc2ccccc2CNC(=O)C(C)n2c(=O)oc3ccccc32)CC1. The first-order valence-electron chi connectivity index (χ1n) is 10.7. The van der Waals surface area contributed by atoms with Crippen LogP contribution in [0.1, 0.15) is 43.9 Å². The number of carbonyl (C=O) groups excluding carboxylic acids is 1. The Morgan fingerprint density at radius 1 is 1.10 bits per heavy atom. The van der Waals surface area contributed by atoms with Gasteiger partial charge in [-0.3, -0.25) is 14.3 Å². The number of likely N-dealkylation sites (tertiary alicyclic amines) is 1. The number of fused-ring (bicyclic) bond motifs is 1. The van der Waals surface area contributed by atoms with Crippen LogP contribution in [0.15, 0.2) is 57.7 Å². The average Bonchev–Trinajstić information content (AvgIpc) is 3.09. The highest BCUT2D eigenvalue weighted by Crippen LogP contribution is 2.20. The van der Waals surface area contributed by atoms with Crippen LogP contribution < -0.4 is 11.1 Å². The summed E-state index contributed by atoms with van der Waals surface area (Å²) in [6, 6.07) is 14.7. The van der Waals surface area contributed by atoms with Crippen LogP contribution in [0.25, 0.3) is 11.1 Å². The molecule has 0 aliphatic carbocycles. The molecule has 1 aliphatic heterocycles. The number of rotatable bonds is 6. The van der Waals surface area contributed by atoms with E-state index in [1.165, 1.54) is 23.0 Å². The molecule has 1 atom stereocenters. The second-order valence-electron chi connectivity index (χ2n) is 8.33. The third kappa shape index (κ3) is 4.33. The number of oxazole rings is 1. The molecule has 1 saturated heterocycles. The number of hydrogen-bond acceptors (Lipinski definition) is 4. The van der Waals surface area contributed by atoms with E-state index < -0.39 is 11.8 Å². The number of benzene rings is 2. The molecule has 2 aromatic carbocycles. The summed E-state index contributed by atoms with van der Waals surface area (Å²) in [5.74, 6) is 0.0866. The van der Waals surface area contributed by atoms with Crippen LogP contribution >= 0.6 is 0 Å². The highest BCUT2D eigenvalue weighted by atomic mass is 16.4. The molecule has 6 heteroatoms. The van der Waals surface area contributed by atoms with E-state index in [0.29, 0.717) is 17.6 Å². The maximum Gasteiger partial charge on any atom is 0.420 e. The van der Waals surface area contributed by atoms with Crippen molar-refractivity contribution >= 4 is 17.0 Å². The zero-order valence-electron chi connectivity index (χ0n) is 17.6. The Kier molecular flexibility index (Phi) is 6.04. The predicted octanol–water partition coefficient (Wildman–Crippen LogP) is 3.70. The first-order chi connectivity index (χ1) is 14.5. The van der Waals surface area contributed by atoms with Crippen LogP contribution in [-0.2, 0) is 17.9 Å². The van der Waals surface area contributed by atoms with E-state index >= 15 is 0 Å². The second kappa shape index (κ2) is 8.88. The lowest BCUT2D eigenvalue weighted by molar-refractivity contribution is -0.124. The highest BCUT2D eigenvalue weighted by Gasteiger charge is 2.21. The molecule has 1 aromatic heterocycles. The first kappa shape index (κ1) is 20.4. The van der Waals surface area contributed by atoms with Crippen LogP contribution in [-0.4, -0.2) is 28.5 Å². The fourth-order valence-electron chi connectivity index (χ4n) is 4.14. The largest absolute Gasteiger partial charge is 0.420 e. The number of nitrogens with zero attached hydrogens (tertiary/aromatic N) is 2. The first-order valence-corrected chi connectivity index (χ1v) is 10.7. The van der Waals surface area contributed by atoms with Crippen molar-refractivity contribution in [1.82, 2.24) is 14.8 Å². The van der Waals surface area contributed by atoms with Crippen molar-refractivity contribution in [2.45, 2.75) is 45.8 Å². The Balaban J connectivity index is 1.44. The van der Waals surface area contributed by atoms with Crippen molar-refractivity contribution in [3.05, 3.63) is 70.2 Å². The molecule has 1 unspecified atom stereocenters. The Bertz CT molecular complexity index is 1080. The fourth-order valence-corrected chi connectivity index (χ4v) is 4.14. The molecule has 1 N–H and O–H groups in total. The fraction of sp³-hybridized carbons (Fsp3) is 0.417. The summed E-state index contributed by atoms with van der Waals surface area (Å²) < 4.78 is 6.67. The molecule has 0 bridgehead atoms. The van der Waals surface area contributed by atoms with Gasteiger partial charge in [0.15, 0.2) is 5.58 Å². The molecule has 1 fully saturated rings. The summed E-state index contributed by atoms with van der Waals surface area (Å²) >= 11 is 0. The van der Waals surface area contributed by atoms with E-state index in [-0.39, 0.29) is 5.91 Å². The number of para-hydroxylation sites is 2. The minimum atomic E-state index is -0.656. The Morgan fingerprint density at radius 2 is 1.77 bits per heavy atom. The van der Waals surface area contributed by atoms with Gasteiger partial charge in [0.2, 0.25) is 5.91 Å². The van der Waals surface area contributed by atoms with E-state index in [1.54, 1.807) is 25.1 Å². The Labute approximate surface area is 176 Å². The van der Waals surface area contributed by atoms with Gasteiger partial charge in [-0.15, -0.1) is 0 Å². The number of nitrogens with one attached hydrogen (secondary N) is 1. The zero-order valence-corrected chi connectivity index (χ0v) is 17.6. The van der Waals surface area contributed by atoms with Gasteiger partial charge in [0.05, 0.1) is 5.52 Å². The molecule has 0 radical (unpaired) electrons. The molecule has 6 nitrogen and oxygen atoms in total. The Hall–Kier alpha value is -2.86. The average molecular weight is 408 g/mol. The molecular weight excluding hydrogens is 378 g/mol. The van der Waals surface area contributed by atoms with E-state index in [9.17, 15) is 9.59 Å². The van der Waals surface area contributed by atoms with Crippen LogP contribution in [0.3, 0.4) is 0 Å². The predicted molar refractivity (Wildman–Crippen MR) is 117 cm³/mol. The maximum atomic E-state index is 12.8. The number of carbonyl (C=O) groups is 1. The molecule has 1 aliphatic rings. The number of amides is 1. The van der Waals surface area contributed by atoms with Gasteiger partial charge in [-0.1, -0.05) is 43.3 Å². The molecule has 0 spiro atoms. The Morgan fingerprint density at radius 3 is 2.53 bits per heavy atom. The van der Waals surface area contributed by atoms with E-state index in [4.69, 9.17) is 4.42 Å². The lowest BCUT2D eigenvalue weighted by Gasteiger charge is -2.30. The van der Waals surface area contributed by atoms with Crippen LogP contribution in [0.5, 0.6) is 0 Å². The van der Waals surface area contributed by atoms with Crippen LogP contribution in [0, 0.1) is 5.92 Å². The summed E-state index contributed by atoms with van der Waals surface area (Å²) in [4.78, 5) is 27.6. The van der Waals surface area contributed by atoms with Crippen molar-refractivity contribution in [3.8, 4) is 0 Å². The third-order valence-electron chi connectivity index (χ3n) is 6.13. The summed E-state index contributed by atoms with van der Waals surface area (Å²) in [6.07, 6.45) is 2.48. The van der Waals surface area contributed by atoms with Gasteiger partial charge < -0.3 is 9.73 Å². The normalized spacial score (nSPS) is 16.6. The van der Waals surface area contributed by atoms with E-state index in [1.807, 2.05) is 18.2 Å². The van der Waals surface area contributed by atoms with Crippen molar-refractivity contribution in [2.24, 2.45) is 5.92 Å². The number of aromatic nitrogens is 1. The smallest absolute Gasteiger partial charge is 0.408 e. The minimum absolute atomic E-state index is 0.203. The molecule has 1 amide bonds. The quantitative estimate of drug-likeness (QED) is 0.677. The molecule has 0 saturated carbocycles. The third-order valence-corrected chi connectivity index (χ3v) is 6.13. The second-order valence-corrected chi connectivity index (χ2v) is 8.33. The maximum absolute atomic E-state index is 12.8. The van der Waals surface area contributed by atoms with Gasteiger partial charge in [0, 0.05) is 13.1 Å².